The van der Waals surface area contributed by atoms with Gasteiger partial charge in [-0.3, -0.25) is 0 Å². The number of hydrogen-bond acceptors (Lipinski definition) is 3. The third kappa shape index (κ3) is 6.85. The van der Waals surface area contributed by atoms with Crippen molar-refractivity contribution in [3.05, 3.63) is 90.0 Å². The van der Waals surface area contributed by atoms with E-state index in [1.54, 1.807) is 36.4 Å². The molecule has 3 aromatic carbocycles. The van der Waals surface area contributed by atoms with Gasteiger partial charge in [-0.15, -0.1) is 0 Å². The van der Waals surface area contributed by atoms with Crippen LogP contribution in [0.2, 0.25) is 0 Å². The van der Waals surface area contributed by atoms with Crippen molar-refractivity contribution in [3.8, 4) is 0 Å². The number of para-hydroxylation sites is 1. The van der Waals surface area contributed by atoms with Crippen LogP contribution in [0.4, 0.5) is 26.7 Å². The van der Waals surface area contributed by atoms with E-state index in [4.69, 9.17) is 0 Å². The molecule has 0 saturated heterocycles. The molecule has 0 fully saturated rings. The average Bonchev–Trinajstić information content (AvgIpc) is 2.76. The van der Waals surface area contributed by atoms with E-state index < -0.39 is 0 Å². The number of hydrogen-bond donors (Lipinski definition) is 4. The van der Waals surface area contributed by atoms with Crippen molar-refractivity contribution < 1.29 is 9.59 Å². The number of likely N-dealkylation sites (N-methyl/N-ethyl adjacent to an activating group) is 1. The van der Waals surface area contributed by atoms with Gasteiger partial charge in [0.05, 0.1) is 6.04 Å². The molecule has 0 aromatic heterocycles. The van der Waals surface area contributed by atoms with E-state index in [0.717, 1.165) is 5.56 Å². The number of rotatable bonds is 7. The Morgan fingerprint density at radius 3 is 1.94 bits per heavy atom. The first-order chi connectivity index (χ1) is 15.4. The van der Waals surface area contributed by atoms with Crippen LogP contribution < -0.4 is 21.3 Å². The van der Waals surface area contributed by atoms with Crippen LogP contribution in [0.25, 0.3) is 0 Å². The van der Waals surface area contributed by atoms with E-state index in [2.05, 4.69) is 57.4 Å². The van der Waals surface area contributed by atoms with Crippen LogP contribution in [-0.2, 0) is 0 Å². The van der Waals surface area contributed by atoms with Crippen molar-refractivity contribution in [2.45, 2.75) is 13.0 Å². The van der Waals surface area contributed by atoms with Crippen LogP contribution in [0.3, 0.4) is 0 Å². The largest absolute Gasteiger partial charge is 0.336 e. The lowest BCUT2D eigenvalue weighted by Gasteiger charge is -2.25. The summed E-state index contributed by atoms with van der Waals surface area (Å²) in [5.74, 6) is 0. The number of carbonyl (C=O) groups is 2. The third-order valence-electron chi connectivity index (χ3n) is 4.95. The Morgan fingerprint density at radius 2 is 1.31 bits per heavy atom. The van der Waals surface area contributed by atoms with E-state index in [1.807, 2.05) is 32.3 Å². The fourth-order valence-electron chi connectivity index (χ4n) is 3.24. The summed E-state index contributed by atoms with van der Waals surface area (Å²) in [5, 5.41) is 11.3. The van der Waals surface area contributed by atoms with Crippen molar-refractivity contribution in [1.29, 1.82) is 0 Å². The second-order valence-corrected chi connectivity index (χ2v) is 7.75. The molecule has 0 aliphatic carbocycles. The summed E-state index contributed by atoms with van der Waals surface area (Å²) in [6, 6.07) is 23.9. The second-order valence-electron chi connectivity index (χ2n) is 7.75. The van der Waals surface area contributed by atoms with Crippen molar-refractivity contribution in [1.82, 2.24) is 10.2 Å². The van der Waals surface area contributed by atoms with Crippen molar-refractivity contribution in [2.75, 3.05) is 36.6 Å². The van der Waals surface area contributed by atoms with E-state index in [9.17, 15) is 9.59 Å². The predicted molar refractivity (Wildman–Crippen MR) is 130 cm³/mol. The summed E-state index contributed by atoms with van der Waals surface area (Å²) >= 11 is 0. The van der Waals surface area contributed by atoms with E-state index in [1.165, 1.54) is 5.56 Å². The highest BCUT2D eigenvalue weighted by atomic mass is 16.2. The van der Waals surface area contributed by atoms with E-state index >= 15 is 0 Å². The summed E-state index contributed by atoms with van der Waals surface area (Å²) in [6.07, 6.45) is 0. The minimum atomic E-state index is -0.357. The van der Waals surface area contributed by atoms with E-state index in [0.29, 0.717) is 23.6 Å². The molecule has 0 heterocycles. The highest BCUT2D eigenvalue weighted by Gasteiger charge is 2.15. The van der Waals surface area contributed by atoms with E-state index in [-0.39, 0.29) is 18.1 Å². The molecule has 0 bridgehead atoms. The number of urea groups is 2. The molecule has 3 rings (SSSR count). The molecule has 4 amide bonds. The quantitative estimate of drug-likeness (QED) is 0.422. The Bertz CT molecular complexity index is 1040. The van der Waals surface area contributed by atoms with Crippen LogP contribution in [0.15, 0.2) is 78.9 Å². The van der Waals surface area contributed by atoms with Crippen LogP contribution in [0.5, 0.6) is 0 Å². The monoisotopic (exact) mass is 431 g/mol. The van der Waals surface area contributed by atoms with Gasteiger partial charge in [-0.2, -0.15) is 0 Å². The highest BCUT2D eigenvalue weighted by Crippen LogP contribution is 2.19. The van der Waals surface area contributed by atoms with Crippen LogP contribution >= 0.6 is 0 Å². The van der Waals surface area contributed by atoms with Gasteiger partial charge in [0.1, 0.15) is 0 Å². The van der Waals surface area contributed by atoms with Gasteiger partial charge in [-0.1, -0.05) is 54.1 Å². The maximum absolute atomic E-state index is 12.5. The zero-order valence-corrected chi connectivity index (χ0v) is 18.6. The Hall–Kier alpha value is -3.84. The smallest absolute Gasteiger partial charge is 0.323 e. The van der Waals surface area contributed by atoms with Crippen LogP contribution in [0.1, 0.15) is 17.2 Å². The normalized spacial score (nSPS) is 11.5. The first-order valence-electron chi connectivity index (χ1n) is 10.4. The van der Waals surface area contributed by atoms with Gasteiger partial charge >= 0.3 is 12.1 Å². The second kappa shape index (κ2) is 11.0. The van der Waals surface area contributed by atoms with Gasteiger partial charge in [0.15, 0.2) is 0 Å². The molecule has 32 heavy (non-hydrogen) atoms. The van der Waals surface area contributed by atoms with Gasteiger partial charge in [0, 0.05) is 23.6 Å². The lowest BCUT2D eigenvalue weighted by molar-refractivity contribution is 0.243. The van der Waals surface area contributed by atoms with Crippen LogP contribution in [-0.4, -0.2) is 37.6 Å². The molecule has 1 unspecified atom stereocenters. The first-order valence-corrected chi connectivity index (χ1v) is 10.4. The van der Waals surface area contributed by atoms with Gasteiger partial charge in [-0.25, -0.2) is 9.59 Å². The molecule has 166 valence electrons. The molecule has 1 atom stereocenters. The minimum Gasteiger partial charge on any atom is -0.336 e. The zero-order valence-electron chi connectivity index (χ0n) is 18.6. The Morgan fingerprint density at radius 1 is 0.750 bits per heavy atom. The molecule has 7 nitrogen and oxygen atoms in total. The maximum atomic E-state index is 12.5. The predicted octanol–water partition coefficient (Wildman–Crippen LogP) is 5.06. The lowest BCUT2D eigenvalue weighted by atomic mass is 10.0. The number of amides is 4. The topological polar surface area (TPSA) is 85.5 Å². The summed E-state index contributed by atoms with van der Waals surface area (Å²) < 4.78 is 0. The van der Waals surface area contributed by atoms with Crippen molar-refractivity contribution in [3.63, 3.8) is 0 Å². The van der Waals surface area contributed by atoms with Crippen LogP contribution in [0, 0.1) is 6.92 Å². The molecular weight excluding hydrogens is 402 g/mol. The molecule has 0 spiro atoms. The zero-order chi connectivity index (χ0) is 22.9. The standard InChI is InChI=1S/C25H29N5O2/c1-18-12-14-19(15-13-18)23(30(2)3)17-26-24(31)28-21-10-7-11-22(16-21)29-25(32)27-20-8-5-4-6-9-20/h4-16,23H,17H2,1-3H3,(H2,26,28,31)(H2,27,29,32). The van der Waals surface area contributed by atoms with Gasteiger partial charge in [0.25, 0.3) is 0 Å². The Balaban J connectivity index is 1.54. The average molecular weight is 432 g/mol. The Kier molecular flexibility index (Phi) is 7.83. The lowest BCUT2D eigenvalue weighted by Crippen LogP contribution is -2.36. The Labute approximate surface area is 188 Å². The molecule has 3 aromatic rings. The fraction of sp³-hybridized carbons (Fsp3) is 0.200. The number of aryl methyl sites for hydroxylation is 1. The summed E-state index contributed by atoms with van der Waals surface area (Å²) in [5.41, 5.74) is 4.18. The van der Waals surface area contributed by atoms with Crippen molar-refractivity contribution in [2.24, 2.45) is 0 Å². The highest BCUT2D eigenvalue weighted by molar-refractivity contribution is 6.00. The SMILES string of the molecule is Cc1ccc(C(CNC(=O)Nc2cccc(NC(=O)Nc3ccccc3)c2)N(C)C)cc1. The molecule has 0 aliphatic heterocycles. The summed E-state index contributed by atoms with van der Waals surface area (Å²) in [7, 11) is 3.97. The third-order valence-corrected chi connectivity index (χ3v) is 4.95. The number of carbonyl (C=O) groups excluding carboxylic acids is 2. The number of nitrogens with zero attached hydrogens (tertiary/aromatic N) is 1. The first kappa shape index (κ1) is 22.8. The molecule has 0 saturated carbocycles. The molecule has 0 radical (unpaired) electrons. The van der Waals surface area contributed by atoms with Gasteiger partial charge in [0.2, 0.25) is 0 Å². The number of nitrogens with one attached hydrogen (secondary N) is 4. The number of benzene rings is 3. The fourth-order valence-corrected chi connectivity index (χ4v) is 3.24. The van der Waals surface area contributed by atoms with Gasteiger partial charge < -0.3 is 26.2 Å². The van der Waals surface area contributed by atoms with Crippen molar-refractivity contribution >= 4 is 29.1 Å². The molecule has 0 aliphatic rings. The molecule has 4 N–H and O–H groups in total. The van der Waals surface area contributed by atoms with Gasteiger partial charge in [-0.05, 0) is 56.9 Å². The summed E-state index contributed by atoms with van der Waals surface area (Å²) in [6.45, 7) is 2.51. The summed E-state index contributed by atoms with van der Waals surface area (Å²) in [4.78, 5) is 26.7. The minimum absolute atomic E-state index is 0.0519. The molecule has 7 heteroatoms. The molecular formula is C25H29N5O2. The number of anilines is 3. The maximum Gasteiger partial charge on any atom is 0.323 e.